The van der Waals surface area contributed by atoms with Crippen LogP contribution >= 0.6 is 0 Å². The van der Waals surface area contributed by atoms with E-state index in [1.807, 2.05) is 0 Å². The van der Waals surface area contributed by atoms with Crippen LogP contribution in [0, 0.1) is 0 Å². The molecular weight excluding hydrogens is 208 g/mol. The van der Waals surface area contributed by atoms with Crippen molar-refractivity contribution < 1.29 is 0 Å². The van der Waals surface area contributed by atoms with Crippen LogP contribution in [-0.2, 0) is 5.41 Å². The summed E-state index contributed by atoms with van der Waals surface area (Å²) < 4.78 is 0. The zero-order valence-corrected chi connectivity index (χ0v) is 11.5. The van der Waals surface area contributed by atoms with E-state index in [4.69, 9.17) is 0 Å². The van der Waals surface area contributed by atoms with E-state index in [1.165, 1.54) is 24.2 Å². The predicted octanol–water partition coefficient (Wildman–Crippen LogP) is 3.10. The van der Waals surface area contributed by atoms with Crippen molar-refractivity contribution in [2.75, 3.05) is 25.5 Å². The molecule has 1 N–H and O–H groups in total. The second-order valence-corrected chi connectivity index (χ2v) is 6.19. The van der Waals surface area contributed by atoms with Crippen LogP contribution in [0.3, 0.4) is 0 Å². The van der Waals surface area contributed by atoms with Crippen molar-refractivity contribution >= 4 is 5.69 Å². The summed E-state index contributed by atoms with van der Waals surface area (Å²) in [7, 11) is 2.19. The standard InChI is InChI=1S/C15H24N2/c1-15(2,3)13-7-5-6-8-14(13)16-12-9-10-17(4)11-12/h5-8,12,16H,9-11H2,1-4H3. The highest BCUT2D eigenvalue weighted by molar-refractivity contribution is 5.54. The molecule has 2 heteroatoms. The van der Waals surface area contributed by atoms with E-state index in [2.05, 4.69) is 62.3 Å². The minimum atomic E-state index is 0.202. The summed E-state index contributed by atoms with van der Waals surface area (Å²) in [6.07, 6.45) is 1.25. The van der Waals surface area contributed by atoms with Crippen molar-refractivity contribution in [1.82, 2.24) is 4.90 Å². The Labute approximate surface area is 105 Å². The molecule has 2 rings (SSSR count). The smallest absolute Gasteiger partial charge is 0.0400 e. The molecule has 1 aliphatic heterocycles. The third kappa shape index (κ3) is 3.01. The molecule has 0 radical (unpaired) electrons. The first kappa shape index (κ1) is 12.4. The van der Waals surface area contributed by atoms with Gasteiger partial charge in [-0.25, -0.2) is 0 Å². The highest BCUT2D eigenvalue weighted by Gasteiger charge is 2.22. The first-order chi connectivity index (χ1) is 7.97. The predicted molar refractivity (Wildman–Crippen MR) is 74.7 cm³/mol. The van der Waals surface area contributed by atoms with Gasteiger partial charge in [-0.2, -0.15) is 0 Å². The van der Waals surface area contributed by atoms with Crippen molar-refractivity contribution in [3.8, 4) is 0 Å². The molecule has 0 amide bonds. The van der Waals surface area contributed by atoms with Gasteiger partial charge in [0.2, 0.25) is 0 Å². The lowest BCUT2D eigenvalue weighted by atomic mass is 9.85. The van der Waals surface area contributed by atoms with Crippen molar-refractivity contribution in [2.24, 2.45) is 0 Å². The van der Waals surface area contributed by atoms with E-state index in [-0.39, 0.29) is 5.41 Å². The molecule has 2 nitrogen and oxygen atoms in total. The summed E-state index contributed by atoms with van der Waals surface area (Å²) in [5.41, 5.74) is 2.92. The summed E-state index contributed by atoms with van der Waals surface area (Å²) in [5, 5.41) is 3.70. The number of rotatable bonds is 2. The Hall–Kier alpha value is -1.02. The molecule has 0 aromatic heterocycles. The minimum absolute atomic E-state index is 0.202. The van der Waals surface area contributed by atoms with Crippen molar-refractivity contribution in [2.45, 2.75) is 38.6 Å². The number of anilines is 1. The number of benzene rings is 1. The van der Waals surface area contributed by atoms with Gasteiger partial charge in [-0.15, -0.1) is 0 Å². The average Bonchev–Trinajstić information content (AvgIpc) is 2.63. The zero-order valence-electron chi connectivity index (χ0n) is 11.5. The number of hydrogen-bond acceptors (Lipinski definition) is 2. The van der Waals surface area contributed by atoms with E-state index in [9.17, 15) is 0 Å². The van der Waals surface area contributed by atoms with Crippen LogP contribution in [0.1, 0.15) is 32.8 Å². The quantitative estimate of drug-likeness (QED) is 0.843. The van der Waals surface area contributed by atoms with Gasteiger partial charge in [-0.1, -0.05) is 39.0 Å². The molecule has 1 saturated heterocycles. The van der Waals surface area contributed by atoms with Gasteiger partial charge in [0.05, 0.1) is 0 Å². The van der Waals surface area contributed by atoms with E-state index in [1.54, 1.807) is 0 Å². The number of para-hydroxylation sites is 1. The fourth-order valence-electron chi connectivity index (χ4n) is 2.54. The van der Waals surface area contributed by atoms with Gasteiger partial charge in [0, 0.05) is 18.3 Å². The van der Waals surface area contributed by atoms with E-state index < -0.39 is 0 Å². The Morgan fingerprint density at radius 3 is 2.53 bits per heavy atom. The lowest BCUT2D eigenvalue weighted by molar-refractivity contribution is 0.414. The fourth-order valence-corrected chi connectivity index (χ4v) is 2.54. The lowest BCUT2D eigenvalue weighted by Gasteiger charge is -2.25. The van der Waals surface area contributed by atoms with Gasteiger partial charge in [0.25, 0.3) is 0 Å². The van der Waals surface area contributed by atoms with Crippen LogP contribution in [0.15, 0.2) is 24.3 Å². The molecule has 0 saturated carbocycles. The molecule has 1 fully saturated rings. The fraction of sp³-hybridized carbons (Fsp3) is 0.600. The Bertz CT molecular complexity index is 379. The van der Waals surface area contributed by atoms with Gasteiger partial charge in [-0.05, 0) is 37.1 Å². The number of likely N-dealkylation sites (tertiary alicyclic amines) is 1. The average molecular weight is 232 g/mol. The molecular formula is C15H24N2. The maximum absolute atomic E-state index is 3.70. The Balaban J connectivity index is 2.15. The Morgan fingerprint density at radius 2 is 1.94 bits per heavy atom. The molecule has 1 unspecified atom stereocenters. The van der Waals surface area contributed by atoms with Gasteiger partial charge < -0.3 is 10.2 Å². The van der Waals surface area contributed by atoms with Crippen LogP contribution in [0.5, 0.6) is 0 Å². The molecule has 1 aromatic rings. The lowest BCUT2D eigenvalue weighted by Crippen LogP contribution is -2.25. The topological polar surface area (TPSA) is 15.3 Å². The molecule has 94 valence electrons. The third-order valence-corrected chi connectivity index (χ3v) is 3.49. The van der Waals surface area contributed by atoms with Crippen LogP contribution in [0.25, 0.3) is 0 Å². The first-order valence-electron chi connectivity index (χ1n) is 6.51. The maximum Gasteiger partial charge on any atom is 0.0400 e. The van der Waals surface area contributed by atoms with Gasteiger partial charge in [-0.3, -0.25) is 0 Å². The highest BCUT2D eigenvalue weighted by Crippen LogP contribution is 2.30. The van der Waals surface area contributed by atoms with Crippen molar-refractivity contribution in [3.63, 3.8) is 0 Å². The second kappa shape index (κ2) is 4.69. The molecule has 0 spiro atoms. The summed E-state index contributed by atoms with van der Waals surface area (Å²) >= 11 is 0. The van der Waals surface area contributed by atoms with E-state index in [0.29, 0.717) is 6.04 Å². The number of hydrogen-bond donors (Lipinski definition) is 1. The van der Waals surface area contributed by atoms with Gasteiger partial charge in [0.15, 0.2) is 0 Å². The van der Waals surface area contributed by atoms with Crippen LogP contribution < -0.4 is 5.32 Å². The molecule has 1 heterocycles. The highest BCUT2D eigenvalue weighted by atomic mass is 15.2. The van der Waals surface area contributed by atoms with Gasteiger partial charge >= 0.3 is 0 Å². The largest absolute Gasteiger partial charge is 0.381 e. The van der Waals surface area contributed by atoms with Crippen molar-refractivity contribution in [3.05, 3.63) is 29.8 Å². The van der Waals surface area contributed by atoms with Crippen molar-refractivity contribution in [1.29, 1.82) is 0 Å². The summed E-state index contributed by atoms with van der Waals surface area (Å²) in [6, 6.07) is 9.30. The van der Waals surface area contributed by atoms with Crippen LogP contribution in [-0.4, -0.2) is 31.1 Å². The van der Waals surface area contributed by atoms with E-state index in [0.717, 1.165) is 6.54 Å². The number of nitrogens with one attached hydrogen (secondary N) is 1. The molecule has 1 aromatic carbocycles. The van der Waals surface area contributed by atoms with Gasteiger partial charge in [0.1, 0.15) is 0 Å². The maximum atomic E-state index is 3.70. The summed E-state index contributed by atoms with van der Waals surface area (Å²) in [4.78, 5) is 2.39. The molecule has 17 heavy (non-hydrogen) atoms. The Morgan fingerprint density at radius 1 is 1.24 bits per heavy atom. The minimum Gasteiger partial charge on any atom is -0.381 e. The normalized spacial score (nSPS) is 21.8. The number of nitrogens with zero attached hydrogens (tertiary/aromatic N) is 1. The number of likely N-dealkylation sites (N-methyl/N-ethyl adjacent to an activating group) is 1. The summed E-state index contributed by atoms with van der Waals surface area (Å²) in [6.45, 7) is 9.17. The van der Waals surface area contributed by atoms with Crippen LogP contribution in [0.4, 0.5) is 5.69 Å². The third-order valence-electron chi connectivity index (χ3n) is 3.49. The first-order valence-corrected chi connectivity index (χ1v) is 6.51. The Kier molecular flexibility index (Phi) is 3.43. The molecule has 0 bridgehead atoms. The monoisotopic (exact) mass is 232 g/mol. The van der Waals surface area contributed by atoms with Crippen LogP contribution in [0.2, 0.25) is 0 Å². The zero-order chi connectivity index (χ0) is 12.5. The SMILES string of the molecule is CN1CCC(Nc2ccccc2C(C)(C)C)C1. The molecule has 0 aliphatic carbocycles. The molecule has 1 aliphatic rings. The second-order valence-electron chi connectivity index (χ2n) is 6.19. The summed E-state index contributed by atoms with van der Waals surface area (Å²) in [5.74, 6) is 0. The van der Waals surface area contributed by atoms with E-state index >= 15 is 0 Å². The molecule has 1 atom stereocenters.